The van der Waals surface area contributed by atoms with E-state index in [1.165, 1.54) is 31.2 Å². The molecule has 0 bridgehead atoms. The van der Waals surface area contributed by atoms with E-state index in [-0.39, 0.29) is 0 Å². The average Bonchev–Trinajstić information content (AvgIpc) is 2.75. The molecule has 0 radical (unpaired) electrons. The van der Waals surface area contributed by atoms with E-state index in [1.807, 2.05) is 0 Å². The second-order valence-electron chi connectivity index (χ2n) is 6.34. The zero-order valence-electron chi connectivity index (χ0n) is 12.6. The monoisotopic (exact) mass is 275 g/mol. The first-order valence-electron chi connectivity index (χ1n) is 7.80. The summed E-state index contributed by atoms with van der Waals surface area (Å²) in [5, 5.41) is 3.53. The predicted octanol–water partition coefficient (Wildman–Crippen LogP) is 3.69. The summed E-state index contributed by atoms with van der Waals surface area (Å²) in [7, 11) is 2.07. The molecule has 1 aliphatic heterocycles. The molecule has 1 N–H and O–H groups in total. The third kappa shape index (κ3) is 2.51. The lowest BCUT2D eigenvalue weighted by Gasteiger charge is -2.34. The Morgan fingerprint density at radius 2 is 1.75 bits per heavy atom. The number of ether oxygens (including phenoxy) is 2. The van der Waals surface area contributed by atoms with Crippen LogP contribution in [0, 0.1) is 5.41 Å². The van der Waals surface area contributed by atoms with Gasteiger partial charge in [-0.2, -0.15) is 0 Å². The second kappa shape index (κ2) is 5.65. The largest absolute Gasteiger partial charge is 0.490 e. The third-order valence-electron chi connectivity index (χ3n) is 4.84. The molecule has 1 aliphatic carbocycles. The number of nitrogens with one attached hydrogen (secondary N) is 1. The highest BCUT2D eigenvalue weighted by Gasteiger charge is 2.37. The van der Waals surface area contributed by atoms with Gasteiger partial charge in [0.15, 0.2) is 11.5 Å². The molecule has 1 atom stereocenters. The van der Waals surface area contributed by atoms with Crippen molar-refractivity contribution in [1.29, 1.82) is 0 Å². The molecular weight excluding hydrogens is 250 g/mol. The molecule has 1 aromatic rings. The van der Waals surface area contributed by atoms with Crippen LogP contribution < -0.4 is 14.8 Å². The maximum Gasteiger partial charge on any atom is 0.161 e. The van der Waals surface area contributed by atoms with Gasteiger partial charge in [-0.25, -0.2) is 0 Å². The Balaban J connectivity index is 1.90. The van der Waals surface area contributed by atoms with Crippen LogP contribution in [0.1, 0.15) is 50.6 Å². The van der Waals surface area contributed by atoms with E-state index in [1.54, 1.807) is 0 Å². The highest BCUT2D eigenvalue weighted by atomic mass is 16.5. The van der Waals surface area contributed by atoms with Crippen LogP contribution >= 0.6 is 0 Å². The summed E-state index contributed by atoms with van der Waals surface area (Å²) in [5.74, 6) is 1.79. The predicted molar refractivity (Wildman–Crippen MR) is 80.4 cm³/mol. The van der Waals surface area contributed by atoms with Crippen LogP contribution in [-0.4, -0.2) is 20.3 Å². The van der Waals surface area contributed by atoms with Gasteiger partial charge in [-0.05, 0) is 43.0 Å². The minimum Gasteiger partial charge on any atom is -0.490 e. The van der Waals surface area contributed by atoms with Gasteiger partial charge < -0.3 is 14.8 Å². The van der Waals surface area contributed by atoms with Crippen molar-refractivity contribution in [2.24, 2.45) is 5.41 Å². The minimum absolute atomic E-state index is 0.356. The van der Waals surface area contributed by atoms with Gasteiger partial charge in [0.1, 0.15) is 0 Å². The smallest absolute Gasteiger partial charge is 0.161 e. The average molecular weight is 275 g/mol. The van der Waals surface area contributed by atoms with Crippen molar-refractivity contribution < 1.29 is 9.47 Å². The molecule has 1 unspecified atom stereocenters. The standard InChI is InChI=1S/C17H25NO2/c1-17(8-3-4-9-17)16(18-2)13-6-7-14-15(12-13)20-11-5-10-19-14/h6-7,12,16,18H,3-5,8-11H2,1-2H3. The molecular formula is C17H25NO2. The Morgan fingerprint density at radius 3 is 2.45 bits per heavy atom. The molecule has 0 aromatic heterocycles. The number of hydrogen-bond acceptors (Lipinski definition) is 3. The van der Waals surface area contributed by atoms with Crippen LogP contribution in [0.2, 0.25) is 0 Å². The Labute approximate surface area is 121 Å². The van der Waals surface area contributed by atoms with Crippen LogP contribution in [0.15, 0.2) is 18.2 Å². The van der Waals surface area contributed by atoms with E-state index in [2.05, 4.69) is 37.5 Å². The van der Waals surface area contributed by atoms with Crippen LogP contribution in [0.3, 0.4) is 0 Å². The van der Waals surface area contributed by atoms with Gasteiger partial charge >= 0.3 is 0 Å². The fourth-order valence-corrected chi connectivity index (χ4v) is 3.75. The molecule has 3 rings (SSSR count). The molecule has 3 nitrogen and oxygen atoms in total. The number of benzene rings is 1. The molecule has 0 spiro atoms. The zero-order valence-corrected chi connectivity index (χ0v) is 12.6. The summed E-state index contributed by atoms with van der Waals surface area (Å²) in [4.78, 5) is 0. The summed E-state index contributed by atoms with van der Waals surface area (Å²) in [5.41, 5.74) is 1.68. The van der Waals surface area contributed by atoms with Crippen LogP contribution in [0.4, 0.5) is 0 Å². The Hall–Kier alpha value is -1.22. The van der Waals surface area contributed by atoms with Gasteiger partial charge in [0.05, 0.1) is 13.2 Å². The lowest BCUT2D eigenvalue weighted by atomic mass is 9.77. The first kappa shape index (κ1) is 13.7. The SMILES string of the molecule is CNC(c1ccc2c(c1)OCCCO2)C1(C)CCCC1. The van der Waals surface area contributed by atoms with Crippen molar-refractivity contribution in [2.45, 2.75) is 45.1 Å². The van der Waals surface area contributed by atoms with Gasteiger partial charge in [-0.1, -0.05) is 25.8 Å². The number of rotatable bonds is 3. The molecule has 110 valence electrons. The maximum absolute atomic E-state index is 5.83. The van der Waals surface area contributed by atoms with Crippen molar-refractivity contribution in [2.75, 3.05) is 20.3 Å². The molecule has 0 amide bonds. The van der Waals surface area contributed by atoms with Crippen molar-refractivity contribution in [3.05, 3.63) is 23.8 Å². The fourth-order valence-electron chi connectivity index (χ4n) is 3.75. The maximum atomic E-state index is 5.83. The summed E-state index contributed by atoms with van der Waals surface area (Å²) in [6.45, 7) is 3.90. The normalized spacial score (nSPS) is 22.3. The third-order valence-corrected chi connectivity index (χ3v) is 4.84. The van der Waals surface area contributed by atoms with Crippen LogP contribution in [-0.2, 0) is 0 Å². The molecule has 2 aliphatic rings. The minimum atomic E-state index is 0.356. The van der Waals surface area contributed by atoms with E-state index in [4.69, 9.17) is 9.47 Å². The molecule has 3 heteroatoms. The van der Waals surface area contributed by atoms with Gasteiger partial charge in [-0.3, -0.25) is 0 Å². The van der Waals surface area contributed by atoms with Gasteiger partial charge in [0.2, 0.25) is 0 Å². The van der Waals surface area contributed by atoms with E-state index < -0.39 is 0 Å². The van der Waals surface area contributed by atoms with Crippen LogP contribution in [0.5, 0.6) is 11.5 Å². The number of hydrogen-bond donors (Lipinski definition) is 1. The summed E-state index contributed by atoms with van der Waals surface area (Å²) < 4.78 is 11.5. The molecule has 1 saturated carbocycles. The quantitative estimate of drug-likeness (QED) is 0.912. The van der Waals surface area contributed by atoms with Gasteiger partial charge in [0, 0.05) is 12.5 Å². The van der Waals surface area contributed by atoms with Crippen molar-refractivity contribution in [1.82, 2.24) is 5.32 Å². The summed E-state index contributed by atoms with van der Waals surface area (Å²) in [6.07, 6.45) is 6.25. The highest BCUT2D eigenvalue weighted by Crippen LogP contribution is 2.48. The van der Waals surface area contributed by atoms with E-state index in [9.17, 15) is 0 Å². The van der Waals surface area contributed by atoms with Gasteiger partial charge in [-0.15, -0.1) is 0 Å². The molecule has 1 heterocycles. The summed E-state index contributed by atoms with van der Waals surface area (Å²) in [6, 6.07) is 6.82. The lowest BCUT2D eigenvalue weighted by molar-refractivity contribution is 0.233. The lowest BCUT2D eigenvalue weighted by Crippen LogP contribution is -2.32. The Kier molecular flexibility index (Phi) is 3.88. The fraction of sp³-hybridized carbons (Fsp3) is 0.647. The highest BCUT2D eigenvalue weighted by molar-refractivity contribution is 5.44. The summed E-state index contributed by atoms with van der Waals surface area (Å²) >= 11 is 0. The first-order valence-corrected chi connectivity index (χ1v) is 7.80. The van der Waals surface area contributed by atoms with E-state index in [0.717, 1.165) is 31.1 Å². The Morgan fingerprint density at radius 1 is 1.05 bits per heavy atom. The molecule has 1 aromatic carbocycles. The second-order valence-corrected chi connectivity index (χ2v) is 6.34. The zero-order chi connectivity index (χ0) is 14.0. The molecule has 20 heavy (non-hydrogen) atoms. The van der Waals surface area contributed by atoms with Gasteiger partial charge in [0.25, 0.3) is 0 Å². The molecule has 0 saturated heterocycles. The van der Waals surface area contributed by atoms with Crippen LogP contribution in [0.25, 0.3) is 0 Å². The van der Waals surface area contributed by atoms with Crippen molar-refractivity contribution in [3.63, 3.8) is 0 Å². The van der Waals surface area contributed by atoms with Crippen molar-refractivity contribution >= 4 is 0 Å². The first-order chi connectivity index (χ1) is 9.73. The topological polar surface area (TPSA) is 30.5 Å². The number of fused-ring (bicyclic) bond motifs is 1. The van der Waals surface area contributed by atoms with E-state index >= 15 is 0 Å². The molecule has 1 fully saturated rings. The van der Waals surface area contributed by atoms with E-state index in [0.29, 0.717) is 11.5 Å². The Bertz CT molecular complexity index is 466. The van der Waals surface area contributed by atoms with Crippen molar-refractivity contribution in [3.8, 4) is 11.5 Å².